The minimum Gasteiger partial charge on any atom is -0.409 e. The van der Waals surface area contributed by atoms with E-state index < -0.39 is 5.92 Å². The number of benzene rings is 1. The molecule has 0 saturated carbocycles. The van der Waals surface area contributed by atoms with Gasteiger partial charge in [0.05, 0.1) is 5.92 Å². The van der Waals surface area contributed by atoms with Gasteiger partial charge in [0.2, 0.25) is 5.91 Å². The highest BCUT2D eigenvalue weighted by atomic mass is 127. The summed E-state index contributed by atoms with van der Waals surface area (Å²) >= 11 is 5.54. The number of anilines is 1. The summed E-state index contributed by atoms with van der Waals surface area (Å²) in [5.41, 5.74) is 6.01. The van der Waals surface area contributed by atoms with E-state index in [0.717, 1.165) is 8.04 Å². The number of hydrogen-bond donors (Lipinski definition) is 3. The monoisotopic (exact) mass is 411 g/mol. The Kier molecular flexibility index (Phi) is 5.19. The van der Waals surface area contributed by atoms with E-state index in [1.54, 1.807) is 19.1 Å². The third-order valence-electron chi connectivity index (χ3n) is 2.14. The normalized spacial score (nSPS) is 13.2. The lowest BCUT2D eigenvalue weighted by Gasteiger charge is -2.11. The molecule has 1 amide bonds. The molecule has 0 saturated heterocycles. The molecule has 92 valence electrons. The van der Waals surface area contributed by atoms with Crippen LogP contribution in [0, 0.1) is 9.49 Å². The number of oxime groups is 1. The predicted octanol–water partition coefficient (Wildman–Crippen LogP) is 2.37. The van der Waals surface area contributed by atoms with Gasteiger partial charge in [-0.3, -0.25) is 4.79 Å². The number of hydrogen-bond acceptors (Lipinski definition) is 3. The van der Waals surface area contributed by atoms with Gasteiger partial charge in [-0.25, -0.2) is 0 Å². The van der Waals surface area contributed by atoms with Crippen molar-refractivity contribution in [3.63, 3.8) is 0 Å². The highest BCUT2D eigenvalue weighted by Crippen LogP contribution is 2.23. The number of nitrogens with one attached hydrogen (secondary N) is 1. The molecule has 1 aromatic rings. The number of nitrogens with zero attached hydrogens (tertiary/aromatic N) is 1. The largest absolute Gasteiger partial charge is 0.409 e. The van der Waals surface area contributed by atoms with Crippen LogP contribution in [0.25, 0.3) is 0 Å². The second-order valence-corrected chi connectivity index (χ2v) is 5.38. The lowest BCUT2D eigenvalue weighted by molar-refractivity contribution is -0.117. The molecule has 0 fully saturated rings. The van der Waals surface area contributed by atoms with Gasteiger partial charge in [0.25, 0.3) is 0 Å². The Hall–Kier alpha value is -0.830. The molecule has 1 aromatic carbocycles. The Morgan fingerprint density at radius 2 is 2.29 bits per heavy atom. The smallest absolute Gasteiger partial charge is 0.234 e. The molecule has 1 rings (SSSR count). The maximum atomic E-state index is 11.7. The number of nitrogens with two attached hydrogens (primary N) is 1. The van der Waals surface area contributed by atoms with Crippen molar-refractivity contribution in [2.24, 2.45) is 16.8 Å². The maximum absolute atomic E-state index is 11.7. The zero-order valence-corrected chi connectivity index (χ0v) is 12.7. The summed E-state index contributed by atoms with van der Waals surface area (Å²) in [5.74, 6) is -1.13. The van der Waals surface area contributed by atoms with Crippen LogP contribution < -0.4 is 11.1 Å². The Labute approximate surface area is 121 Å². The van der Waals surface area contributed by atoms with Crippen molar-refractivity contribution in [1.29, 1.82) is 0 Å². The molecule has 0 bridgehead atoms. The molecule has 0 radical (unpaired) electrons. The predicted molar refractivity (Wildman–Crippen MR) is 78.1 cm³/mol. The van der Waals surface area contributed by atoms with Gasteiger partial charge in [0.1, 0.15) is 0 Å². The van der Waals surface area contributed by atoms with E-state index in [2.05, 4.69) is 49.0 Å². The molecule has 5 nitrogen and oxygen atoms in total. The molecule has 4 N–H and O–H groups in total. The summed E-state index contributed by atoms with van der Waals surface area (Å²) < 4.78 is 1.94. The third kappa shape index (κ3) is 3.84. The van der Waals surface area contributed by atoms with Crippen molar-refractivity contribution in [1.82, 2.24) is 0 Å². The molecule has 0 spiro atoms. The second kappa shape index (κ2) is 6.20. The van der Waals surface area contributed by atoms with E-state index in [-0.39, 0.29) is 11.7 Å². The van der Waals surface area contributed by atoms with E-state index in [0.29, 0.717) is 5.69 Å². The number of rotatable bonds is 3. The fraction of sp³-hybridized carbons (Fsp3) is 0.200. The number of amides is 1. The summed E-state index contributed by atoms with van der Waals surface area (Å²) in [5, 5.41) is 14.0. The molecule has 0 heterocycles. The van der Waals surface area contributed by atoms with E-state index in [1.807, 2.05) is 6.07 Å². The number of carbonyl (C=O) groups excluding carboxylic acids is 1. The molecular weight excluding hydrogens is 401 g/mol. The average molecular weight is 412 g/mol. The average Bonchev–Trinajstić information content (AvgIpc) is 2.31. The molecule has 1 atom stereocenters. The Morgan fingerprint density at radius 3 is 2.82 bits per heavy atom. The summed E-state index contributed by atoms with van der Waals surface area (Å²) in [6, 6.07) is 5.44. The first-order chi connectivity index (χ1) is 7.95. The Balaban J connectivity index is 2.78. The van der Waals surface area contributed by atoms with Crippen molar-refractivity contribution >= 4 is 56.0 Å². The molecule has 0 aliphatic rings. The van der Waals surface area contributed by atoms with Crippen molar-refractivity contribution < 1.29 is 10.0 Å². The third-order valence-corrected chi connectivity index (χ3v) is 4.48. The SMILES string of the molecule is CC(C(=O)Nc1ccc(I)c(Br)c1)/C(N)=N/O. The van der Waals surface area contributed by atoms with Crippen LogP contribution in [0.1, 0.15) is 6.92 Å². The highest BCUT2D eigenvalue weighted by molar-refractivity contribution is 14.1. The van der Waals surface area contributed by atoms with Crippen molar-refractivity contribution in [2.45, 2.75) is 6.92 Å². The van der Waals surface area contributed by atoms with E-state index in [4.69, 9.17) is 10.9 Å². The van der Waals surface area contributed by atoms with Crippen LogP contribution in [-0.2, 0) is 4.79 Å². The van der Waals surface area contributed by atoms with Crippen molar-refractivity contribution in [2.75, 3.05) is 5.32 Å². The van der Waals surface area contributed by atoms with Gasteiger partial charge in [-0.1, -0.05) is 5.16 Å². The van der Waals surface area contributed by atoms with Crippen LogP contribution >= 0.6 is 38.5 Å². The van der Waals surface area contributed by atoms with E-state index >= 15 is 0 Å². The first-order valence-electron chi connectivity index (χ1n) is 4.69. The molecule has 7 heteroatoms. The molecule has 1 unspecified atom stereocenters. The quantitative estimate of drug-likeness (QED) is 0.234. The van der Waals surface area contributed by atoms with E-state index in [9.17, 15) is 4.79 Å². The van der Waals surface area contributed by atoms with Crippen LogP contribution in [0.5, 0.6) is 0 Å². The minimum atomic E-state index is -0.682. The Morgan fingerprint density at radius 1 is 1.65 bits per heavy atom. The zero-order valence-electron chi connectivity index (χ0n) is 8.95. The highest BCUT2D eigenvalue weighted by Gasteiger charge is 2.17. The molecule has 17 heavy (non-hydrogen) atoms. The topological polar surface area (TPSA) is 87.7 Å². The van der Waals surface area contributed by atoms with Gasteiger partial charge in [0, 0.05) is 13.7 Å². The second-order valence-electron chi connectivity index (χ2n) is 3.36. The summed E-state index contributed by atoms with van der Waals surface area (Å²) in [4.78, 5) is 11.7. The first kappa shape index (κ1) is 14.2. The van der Waals surface area contributed by atoms with Crippen molar-refractivity contribution in [3.05, 3.63) is 26.2 Å². The molecule has 0 aromatic heterocycles. The number of amidine groups is 1. The van der Waals surface area contributed by atoms with Crippen LogP contribution in [0.3, 0.4) is 0 Å². The van der Waals surface area contributed by atoms with Crippen LogP contribution in [-0.4, -0.2) is 17.0 Å². The molecule has 0 aliphatic carbocycles. The van der Waals surface area contributed by atoms with Gasteiger partial charge in [0.15, 0.2) is 5.84 Å². The van der Waals surface area contributed by atoms with Crippen LogP contribution in [0.2, 0.25) is 0 Å². The maximum Gasteiger partial charge on any atom is 0.234 e. The van der Waals surface area contributed by atoms with Gasteiger partial charge in [-0.2, -0.15) is 0 Å². The van der Waals surface area contributed by atoms with Gasteiger partial charge >= 0.3 is 0 Å². The fourth-order valence-electron chi connectivity index (χ4n) is 1.05. The first-order valence-corrected chi connectivity index (χ1v) is 6.56. The van der Waals surface area contributed by atoms with Gasteiger partial charge in [-0.15, -0.1) is 0 Å². The van der Waals surface area contributed by atoms with Crippen LogP contribution in [0.15, 0.2) is 27.8 Å². The van der Waals surface area contributed by atoms with Crippen LogP contribution in [0.4, 0.5) is 5.69 Å². The van der Waals surface area contributed by atoms with Crippen molar-refractivity contribution in [3.8, 4) is 0 Å². The fourth-order valence-corrected chi connectivity index (χ4v) is 1.76. The van der Waals surface area contributed by atoms with Gasteiger partial charge < -0.3 is 16.3 Å². The standard InChI is InChI=1S/C10H11BrIN3O2/c1-5(9(13)15-17)10(16)14-6-2-3-8(12)7(11)4-6/h2-5,17H,1H3,(H2,13,15)(H,14,16). The summed E-state index contributed by atoms with van der Waals surface area (Å²) in [7, 11) is 0. The molecule has 0 aliphatic heterocycles. The lowest BCUT2D eigenvalue weighted by atomic mass is 10.1. The lowest BCUT2D eigenvalue weighted by Crippen LogP contribution is -2.32. The summed E-state index contributed by atoms with van der Waals surface area (Å²) in [6.07, 6.45) is 0. The minimum absolute atomic E-state index is 0.118. The molecular formula is C10H11BrIN3O2. The number of halogens is 2. The zero-order chi connectivity index (χ0) is 13.0. The Bertz CT molecular complexity index is 465. The van der Waals surface area contributed by atoms with Gasteiger partial charge in [-0.05, 0) is 63.6 Å². The summed E-state index contributed by atoms with van der Waals surface area (Å²) in [6.45, 7) is 1.56. The number of carbonyl (C=O) groups is 1. The van der Waals surface area contributed by atoms with E-state index in [1.165, 1.54) is 0 Å².